The summed E-state index contributed by atoms with van der Waals surface area (Å²) in [5.41, 5.74) is 5.71. The van der Waals surface area contributed by atoms with Crippen LogP contribution in [0.3, 0.4) is 0 Å². The van der Waals surface area contributed by atoms with Gasteiger partial charge in [0.25, 0.3) is 0 Å². The first kappa shape index (κ1) is 31.8. The van der Waals surface area contributed by atoms with Gasteiger partial charge in [0, 0.05) is 36.3 Å². The molecule has 3 nitrogen and oxygen atoms in total. The summed E-state index contributed by atoms with van der Waals surface area (Å²) < 4.78 is 15.0. The zero-order chi connectivity index (χ0) is 27.8. The molecule has 1 rings (SSSR count). The van der Waals surface area contributed by atoms with Gasteiger partial charge in [-0.1, -0.05) is 56.9 Å². The second-order valence-electron chi connectivity index (χ2n) is 9.52. The second-order valence-corrected chi connectivity index (χ2v) is 9.52. The van der Waals surface area contributed by atoms with Gasteiger partial charge >= 0.3 is 0 Å². The minimum absolute atomic E-state index is 0.277. The first-order valence-corrected chi connectivity index (χ1v) is 13.5. The Morgan fingerprint density at radius 1 is 1.11 bits per heavy atom. The van der Waals surface area contributed by atoms with Crippen molar-refractivity contribution >= 4 is 11.4 Å². The highest BCUT2D eigenvalue weighted by Gasteiger charge is 2.12. The third kappa shape index (κ3) is 12.6. The third-order valence-corrected chi connectivity index (χ3v) is 6.06. The molecule has 0 radical (unpaired) electrons. The van der Waals surface area contributed by atoms with E-state index in [9.17, 15) is 0 Å². The van der Waals surface area contributed by atoms with Gasteiger partial charge in [0.2, 0.25) is 0 Å². The predicted molar refractivity (Wildman–Crippen MR) is 161 cm³/mol. The summed E-state index contributed by atoms with van der Waals surface area (Å²) in [6.07, 6.45) is 25.1. The van der Waals surface area contributed by atoms with Gasteiger partial charge in [-0.15, -0.1) is 6.42 Å². The van der Waals surface area contributed by atoms with Gasteiger partial charge in [0.15, 0.2) is 0 Å². The number of hydrogen-bond donors (Lipinski definition) is 0. The SMILES string of the molecule is C#C\C=C(C)/N=C(C)/C(F)=C\C(=C/C)C(=C\C=C1CC1)\N=C(C)/C=C\C(=C/C)N(CCC)C[C@@H](C)CC. The van der Waals surface area contributed by atoms with Crippen LogP contribution in [0.4, 0.5) is 4.39 Å². The first-order chi connectivity index (χ1) is 17.7. The normalized spacial score (nSPS) is 17.3. The van der Waals surface area contributed by atoms with Gasteiger partial charge in [-0.05, 0) is 89.7 Å². The molecule has 0 spiro atoms. The molecule has 1 saturated carbocycles. The molecular formula is C33H46FN3. The molecule has 1 atom stereocenters. The van der Waals surface area contributed by atoms with Crippen molar-refractivity contribution in [3.8, 4) is 12.3 Å². The Labute approximate surface area is 225 Å². The van der Waals surface area contributed by atoms with E-state index in [4.69, 9.17) is 11.4 Å². The van der Waals surface area contributed by atoms with Crippen LogP contribution >= 0.6 is 0 Å². The summed E-state index contributed by atoms with van der Waals surface area (Å²) in [5, 5.41) is 0. The van der Waals surface area contributed by atoms with Crippen molar-refractivity contribution in [3.63, 3.8) is 0 Å². The van der Waals surface area contributed by atoms with E-state index in [2.05, 4.69) is 61.7 Å². The zero-order valence-electron chi connectivity index (χ0n) is 24.2. The van der Waals surface area contributed by atoms with E-state index in [1.807, 2.05) is 32.1 Å². The smallest absolute Gasteiger partial charge is 0.145 e. The Kier molecular flexibility index (Phi) is 14.9. The minimum atomic E-state index is -0.414. The fourth-order valence-corrected chi connectivity index (χ4v) is 3.57. The predicted octanol–water partition coefficient (Wildman–Crippen LogP) is 9.07. The van der Waals surface area contributed by atoms with Crippen LogP contribution in [-0.4, -0.2) is 29.4 Å². The van der Waals surface area contributed by atoms with Gasteiger partial charge in [0.05, 0.1) is 11.4 Å². The fourth-order valence-electron chi connectivity index (χ4n) is 3.57. The average molecular weight is 504 g/mol. The van der Waals surface area contributed by atoms with Crippen LogP contribution in [0, 0.1) is 18.3 Å². The highest BCUT2D eigenvalue weighted by atomic mass is 19.1. The van der Waals surface area contributed by atoms with Gasteiger partial charge in [0.1, 0.15) is 5.83 Å². The monoisotopic (exact) mass is 503 g/mol. The maximum Gasteiger partial charge on any atom is 0.145 e. The number of aliphatic imine (C=N–C) groups is 2. The van der Waals surface area contributed by atoms with Crippen LogP contribution in [0.2, 0.25) is 0 Å². The molecule has 0 heterocycles. The van der Waals surface area contributed by atoms with Crippen LogP contribution in [-0.2, 0) is 0 Å². The highest BCUT2D eigenvalue weighted by molar-refractivity contribution is 5.97. The molecular weight excluding hydrogens is 457 g/mol. The maximum absolute atomic E-state index is 15.0. The number of hydrogen-bond acceptors (Lipinski definition) is 3. The van der Waals surface area contributed by atoms with Crippen molar-refractivity contribution in [2.45, 2.75) is 81.1 Å². The third-order valence-electron chi connectivity index (χ3n) is 6.06. The molecule has 1 aliphatic carbocycles. The van der Waals surface area contributed by atoms with Crippen LogP contribution in [0.5, 0.6) is 0 Å². The van der Waals surface area contributed by atoms with E-state index in [1.54, 1.807) is 13.8 Å². The summed E-state index contributed by atoms with van der Waals surface area (Å²) in [6, 6.07) is 0. The van der Waals surface area contributed by atoms with Gasteiger partial charge < -0.3 is 4.90 Å². The highest BCUT2D eigenvalue weighted by Crippen LogP contribution is 2.28. The van der Waals surface area contributed by atoms with Crippen molar-refractivity contribution in [1.82, 2.24) is 4.90 Å². The molecule has 200 valence electrons. The Hall–Kier alpha value is -3.19. The summed E-state index contributed by atoms with van der Waals surface area (Å²) in [5.74, 6) is 2.63. The van der Waals surface area contributed by atoms with Gasteiger partial charge in [-0.25, -0.2) is 4.39 Å². The molecule has 0 saturated heterocycles. The summed E-state index contributed by atoms with van der Waals surface area (Å²) in [4.78, 5) is 11.6. The van der Waals surface area contributed by atoms with Crippen LogP contribution in [0.25, 0.3) is 0 Å². The molecule has 0 aliphatic heterocycles. The molecule has 0 amide bonds. The standard InChI is InChI=1S/C33H46FN3/c1-10-15-26(7)35-28(9)32(34)23-30(13-4)33(21-19-29-17-18-29)36-27(8)16-20-31(14-5)37(22-11-2)24-25(6)12-3/h1,13-16,19-21,23,25H,11-12,17-18,22,24H2,2-9H3/b20-16-,26-15-,30-13+,31-14+,32-23+,33-21-,35-28+,36-27-/t25-/m0/s1. The first-order valence-electron chi connectivity index (χ1n) is 13.5. The van der Waals surface area contributed by atoms with Crippen LogP contribution in [0.15, 0.2) is 92.7 Å². The Morgan fingerprint density at radius 2 is 1.81 bits per heavy atom. The minimum Gasteiger partial charge on any atom is -0.372 e. The summed E-state index contributed by atoms with van der Waals surface area (Å²) in [6.45, 7) is 18.1. The maximum atomic E-state index is 15.0. The second kappa shape index (κ2) is 17.3. The summed E-state index contributed by atoms with van der Waals surface area (Å²) in [7, 11) is 0. The number of halogens is 1. The number of terminal acetylenes is 1. The lowest BCUT2D eigenvalue weighted by atomic mass is 10.1. The Balaban J connectivity index is 3.30. The van der Waals surface area contributed by atoms with E-state index in [0.717, 1.165) is 50.2 Å². The van der Waals surface area contributed by atoms with Crippen LogP contribution in [0.1, 0.15) is 81.1 Å². The van der Waals surface area contributed by atoms with E-state index in [0.29, 0.717) is 17.2 Å². The quantitative estimate of drug-likeness (QED) is 0.132. The number of nitrogens with zero attached hydrogens (tertiary/aromatic N) is 3. The molecule has 1 fully saturated rings. The van der Waals surface area contributed by atoms with Crippen molar-refractivity contribution in [3.05, 3.63) is 82.7 Å². The lowest BCUT2D eigenvalue weighted by Crippen LogP contribution is -2.28. The zero-order valence-corrected chi connectivity index (χ0v) is 24.2. The van der Waals surface area contributed by atoms with E-state index in [1.165, 1.54) is 23.4 Å². The molecule has 1 aliphatic rings. The average Bonchev–Trinajstić information content (AvgIpc) is 3.70. The number of allylic oxidation sites excluding steroid dienone is 11. The summed E-state index contributed by atoms with van der Waals surface area (Å²) >= 11 is 0. The fraction of sp³-hybridized carbons (Fsp3) is 0.455. The largest absolute Gasteiger partial charge is 0.372 e. The van der Waals surface area contributed by atoms with E-state index in [-0.39, 0.29) is 5.71 Å². The van der Waals surface area contributed by atoms with Gasteiger partial charge in [-0.3, -0.25) is 9.98 Å². The van der Waals surface area contributed by atoms with E-state index >= 15 is 4.39 Å². The van der Waals surface area contributed by atoms with Gasteiger partial charge in [-0.2, -0.15) is 0 Å². The molecule has 0 aromatic rings. The Morgan fingerprint density at radius 3 is 2.35 bits per heavy atom. The van der Waals surface area contributed by atoms with Crippen molar-refractivity contribution in [1.29, 1.82) is 0 Å². The van der Waals surface area contributed by atoms with Crippen molar-refractivity contribution in [2.24, 2.45) is 15.9 Å². The molecule has 0 bridgehead atoms. The molecule has 4 heteroatoms. The van der Waals surface area contributed by atoms with Crippen molar-refractivity contribution in [2.75, 3.05) is 13.1 Å². The topological polar surface area (TPSA) is 28.0 Å². The van der Waals surface area contributed by atoms with E-state index < -0.39 is 5.83 Å². The number of rotatable bonds is 14. The lowest BCUT2D eigenvalue weighted by Gasteiger charge is -2.28. The Bertz CT molecular complexity index is 1080. The molecule has 0 aromatic heterocycles. The molecule has 0 N–H and O–H groups in total. The van der Waals surface area contributed by atoms with Crippen molar-refractivity contribution < 1.29 is 4.39 Å². The molecule has 0 unspecified atom stereocenters. The molecule has 37 heavy (non-hydrogen) atoms. The lowest BCUT2D eigenvalue weighted by molar-refractivity contribution is 0.298. The molecule has 0 aromatic carbocycles. The van der Waals surface area contributed by atoms with Crippen LogP contribution < -0.4 is 0 Å².